The van der Waals surface area contributed by atoms with Crippen LogP contribution in [0.1, 0.15) is 12.5 Å². The number of para-hydroxylation sites is 2. The number of carbonyl (C=O) groups is 1. The van der Waals surface area contributed by atoms with Gasteiger partial charge in [-0.1, -0.05) is 36.4 Å². The minimum absolute atomic E-state index is 0.0546. The summed E-state index contributed by atoms with van der Waals surface area (Å²) in [7, 11) is 1.74. The molecule has 2 aromatic rings. The average molecular weight is 338 g/mol. The van der Waals surface area contributed by atoms with Crippen LogP contribution >= 0.6 is 11.8 Å². The van der Waals surface area contributed by atoms with E-state index in [4.69, 9.17) is 4.74 Å². The molecule has 0 spiro atoms. The standard InChI is InChI=1S/C19H18N2O2S/c1-3-23-16-12-8-7-9-14(16)13-17-18(22)21(2)19(24-17)20-15-10-5-4-6-11-15/h4-13H,3H2,1-2H3/b17-13+,20-19?. The van der Waals surface area contributed by atoms with Gasteiger partial charge in [0.2, 0.25) is 0 Å². The minimum Gasteiger partial charge on any atom is -0.493 e. The smallest absolute Gasteiger partial charge is 0.266 e. The van der Waals surface area contributed by atoms with Crippen molar-refractivity contribution in [3.8, 4) is 5.75 Å². The fourth-order valence-electron chi connectivity index (χ4n) is 2.29. The molecule has 0 radical (unpaired) electrons. The molecule has 0 aromatic heterocycles. The second kappa shape index (κ2) is 7.36. The number of amidine groups is 1. The molecule has 1 aliphatic heterocycles. The first-order valence-corrected chi connectivity index (χ1v) is 8.54. The molecule has 5 heteroatoms. The molecule has 0 saturated carbocycles. The predicted octanol–water partition coefficient (Wildman–Crippen LogP) is 4.32. The van der Waals surface area contributed by atoms with Crippen molar-refractivity contribution in [1.82, 2.24) is 4.90 Å². The van der Waals surface area contributed by atoms with E-state index in [1.54, 1.807) is 11.9 Å². The third-order valence-electron chi connectivity index (χ3n) is 3.49. The number of benzene rings is 2. The van der Waals surface area contributed by atoms with Gasteiger partial charge in [0.15, 0.2) is 5.17 Å². The summed E-state index contributed by atoms with van der Waals surface area (Å²) in [6, 6.07) is 17.3. The van der Waals surface area contributed by atoms with E-state index in [2.05, 4.69) is 4.99 Å². The highest BCUT2D eigenvalue weighted by molar-refractivity contribution is 8.18. The molecule has 0 bridgehead atoms. The van der Waals surface area contributed by atoms with Crippen LogP contribution < -0.4 is 4.74 Å². The van der Waals surface area contributed by atoms with Gasteiger partial charge in [0, 0.05) is 12.6 Å². The summed E-state index contributed by atoms with van der Waals surface area (Å²) >= 11 is 1.38. The number of amides is 1. The lowest BCUT2D eigenvalue weighted by Crippen LogP contribution is -2.23. The van der Waals surface area contributed by atoms with Crippen LogP contribution in [0, 0.1) is 0 Å². The fourth-order valence-corrected chi connectivity index (χ4v) is 3.27. The number of rotatable bonds is 4. The molecule has 2 aromatic carbocycles. The van der Waals surface area contributed by atoms with Gasteiger partial charge in [-0.25, -0.2) is 4.99 Å². The van der Waals surface area contributed by atoms with E-state index in [0.717, 1.165) is 17.0 Å². The Morgan fingerprint density at radius 2 is 1.83 bits per heavy atom. The maximum atomic E-state index is 12.5. The van der Waals surface area contributed by atoms with Crippen LogP contribution in [0.2, 0.25) is 0 Å². The van der Waals surface area contributed by atoms with Gasteiger partial charge in [0.25, 0.3) is 5.91 Å². The molecule has 1 amide bonds. The van der Waals surface area contributed by atoms with Gasteiger partial charge >= 0.3 is 0 Å². The lowest BCUT2D eigenvalue weighted by atomic mass is 10.2. The number of likely N-dealkylation sites (N-methyl/N-ethyl adjacent to an activating group) is 1. The summed E-state index contributed by atoms with van der Waals surface area (Å²) in [5.41, 5.74) is 1.72. The first-order chi connectivity index (χ1) is 11.7. The number of thioether (sulfide) groups is 1. The zero-order valence-corrected chi connectivity index (χ0v) is 14.4. The van der Waals surface area contributed by atoms with Gasteiger partial charge in [-0.15, -0.1) is 0 Å². The summed E-state index contributed by atoms with van der Waals surface area (Å²) < 4.78 is 5.62. The molecule has 0 N–H and O–H groups in total. The number of nitrogens with zero attached hydrogens (tertiary/aromatic N) is 2. The van der Waals surface area contributed by atoms with Crippen molar-refractivity contribution < 1.29 is 9.53 Å². The van der Waals surface area contributed by atoms with Crippen molar-refractivity contribution in [1.29, 1.82) is 0 Å². The number of aliphatic imine (C=N–C) groups is 1. The first kappa shape index (κ1) is 16.3. The van der Waals surface area contributed by atoms with Crippen LogP contribution in [0.25, 0.3) is 6.08 Å². The SMILES string of the molecule is CCOc1ccccc1/C=C1/SC(=Nc2ccccc2)N(C)C1=O. The number of hydrogen-bond donors (Lipinski definition) is 0. The van der Waals surface area contributed by atoms with E-state index in [9.17, 15) is 4.79 Å². The Balaban J connectivity index is 1.91. The third-order valence-corrected chi connectivity index (χ3v) is 4.55. The van der Waals surface area contributed by atoms with E-state index < -0.39 is 0 Å². The minimum atomic E-state index is -0.0546. The summed E-state index contributed by atoms with van der Waals surface area (Å²) in [5, 5.41) is 0.673. The van der Waals surface area contributed by atoms with E-state index in [1.807, 2.05) is 67.6 Å². The molecule has 24 heavy (non-hydrogen) atoms. The first-order valence-electron chi connectivity index (χ1n) is 7.72. The van der Waals surface area contributed by atoms with Gasteiger partial charge < -0.3 is 4.74 Å². The maximum Gasteiger partial charge on any atom is 0.266 e. The highest BCUT2D eigenvalue weighted by atomic mass is 32.2. The van der Waals surface area contributed by atoms with Gasteiger partial charge in [-0.05, 0) is 43.0 Å². The second-order valence-corrected chi connectivity index (χ2v) is 6.18. The van der Waals surface area contributed by atoms with Crippen molar-refractivity contribution in [3.63, 3.8) is 0 Å². The van der Waals surface area contributed by atoms with Gasteiger partial charge in [-0.3, -0.25) is 9.69 Å². The van der Waals surface area contributed by atoms with Crippen molar-refractivity contribution in [2.45, 2.75) is 6.92 Å². The summed E-state index contributed by atoms with van der Waals surface area (Å²) in [4.78, 5) is 19.3. The topological polar surface area (TPSA) is 41.9 Å². The molecule has 0 unspecified atom stereocenters. The maximum absolute atomic E-state index is 12.5. The Bertz CT molecular complexity index is 800. The average Bonchev–Trinajstić information content (AvgIpc) is 2.86. The van der Waals surface area contributed by atoms with E-state index >= 15 is 0 Å². The Morgan fingerprint density at radius 3 is 2.58 bits per heavy atom. The molecule has 1 fully saturated rings. The van der Waals surface area contributed by atoms with Crippen molar-refractivity contribution in [2.75, 3.05) is 13.7 Å². The number of ether oxygens (including phenoxy) is 1. The van der Waals surface area contributed by atoms with Crippen molar-refractivity contribution in [3.05, 3.63) is 65.1 Å². The van der Waals surface area contributed by atoms with Crippen molar-refractivity contribution >= 4 is 34.6 Å². The van der Waals surface area contributed by atoms with Crippen LogP contribution in [0.5, 0.6) is 5.75 Å². The number of hydrogen-bond acceptors (Lipinski definition) is 4. The zero-order valence-electron chi connectivity index (χ0n) is 13.6. The molecule has 3 rings (SSSR count). The van der Waals surface area contributed by atoms with Crippen LogP contribution in [0.15, 0.2) is 64.5 Å². The van der Waals surface area contributed by atoms with E-state index in [0.29, 0.717) is 16.7 Å². The van der Waals surface area contributed by atoms with Crippen LogP contribution in [-0.4, -0.2) is 29.6 Å². The molecule has 1 saturated heterocycles. The highest BCUT2D eigenvalue weighted by Gasteiger charge is 2.30. The zero-order chi connectivity index (χ0) is 16.9. The largest absolute Gasteiger partial charge is 0.493 e. The van der Waals surface area contributed by atoms with E-state index in [-0.39, 0.29) is 5.91 Å². The van der Waals surface area contributed by atoms with Crippen LogP contribution in [-0.2, 0) is 4.79 Å². The molecule has 1 heterocycles. The Morgan fingerprint density at radius 1 is 1.12 bits per heavy atom. The summed E-state index contributed by atoms with van der Waals surface area (Å²) in [6.45, 7) is 2.53. The molecular formula is C19H18N2O2S. The Hall–Kier alpha value is -2.53. The normalized spacial score (nSPS) is 17.8. The fraction of sp³-hybridized carbons (Fsp3) is 0.158. The molecule has 0 atom stereocenters. The Kier molecular flexibility index (Phi) is 5.01. The molecule has 122 valence electrons. The second-order valence-electron chi connectivity index (χ2n) is 5.18. The molecule has 1 aliphatic rings. The van der Waals surface area contributed by atoms with E-state index in [1.165, 1.54) is 11.8 Å². The summed E-state index contributed by atoms with van der Waals surface area (Å²) in [6.07, 6.45) is 1.86. The third kappa shape index (κ3) is 3.51. The summed E-state index contributed by atoms with van der Waals surface area (Å²) in [5.74, 6) is 0.720. The predicted molar refractivity (Wildman–Crippen MR) is 99.5 cm³/mol. The van der Waals surface area contributed by atoms with Crippen LogP contribution in [0.4, 0.5) is 5.69 Å². The number of carbonyl (C=O) groups excluding carboxylic acids is 1. The monoisotopic (exact) mass is 338 g/mol. The Labute approximate surface area is 145 Å². The molecule has 4 nitrogen and oxygen atoms in total. The lowest BCUT2D eigenvalue weighted by molar-refractivity contribution is -0.121. The van der Waals surface area contributed by atoms with Crippen LogP contribution in [0.3, 0.4) is 0 Å². The van der Waals surface area contributed by atoms with Crippen molar-refractivity contribution in [2.24, 2.45) is 4.99 Å². The van der Waals surface area contributed by atoms with Gasteiger partial charge in [-0.2, -0.15) is 0 Å². The highest BCUT2D eigenvalue weighted by Crippen LogP contribution is 2.34. The molecule has 0 aliphatic carbocycles. The van der Waals surface area contributed by atoms with Gasteiger partial charge in [0.1, 0.15) is 5.75 Å². The quantitative estimate of drug-likeness (QED) is 0.780. The van der Waals surface area contributed by atoms with Gasteiger partial charge in [0.05, 0.1) is 17.2 Å². The lowest BCUT2D eigenvalue weighted by Gasteiger charge is -2.07. The molecular weight excluding hydrogens is 320 g/mol.